The minimum absolute atomic E-state index is 0. The van der Waals surface area contributed by atoms with Gasteiger partial charge in [0.1, 0.15) is 0 Å². The number of esters is 1. The van der Waals surface area contributed by atoms with E-state index in [9.17, 15) is 4.79 Å². The van der Waals surface area contributed by atoms with Crippen LogP contribution in [0.5, 0.6) is 0 Å². The molecule has 2 unspecified atom stereocenters. The molecule has 3 nitrogen and oxygen atoms in total. The van der Waals surface area contributed by atoms with Crippen LogP contribution in [0.4, 0.5) is 0 Å². The van der Waals surface area contributed by atoms with E-state index in [0.29, 0.717) is 17.9 Å². The van der Waals surface area contributed by atoms with Crippen molar-refractivity contribution in [2.45, 2.75) is 18.9 Å². The zero-order chi connectivity index (χ0) is 11.7. The van der Waals surface area contributed by atoms with Crippen LogP contribution >= 0.6 is 24.0 Å². The maximum absolute atomic E-state index is 11.5. The lowest BCUT2D eigenvalue weighted by atomic mass is 9.81. The number of hydrogen-bond donors (Lipinski definition) is 1. The number of rotatable bonds is 1. The van der Waals surface area contributed by atoms with Gasteiger partial charge in [-0.3, -0.25) is 4.79 Å². The van der Waals surface area contributed by atoms with Crippen LogP contribution in [-0.2, 0) is 16.0 Å². The molecule has 0 radical (unpaired) electrons. The molecule has 0 bridgehead atoms. The number of hydrogen-bond acceptors (Lipinski definition) is 3. The van der Waals surface area contributed by atoms with Crippen LogP contribution in [0.25, 0.3) is 0 Å². The van der Waals surface area contributed by atoms with Crippen molar-refractivity contribution in [2.24, 2.45) is 11.7 Å². The lowest BCUT2D eigenvalue weighted by Crippen LogP contribution is -2.29. The molecule has 2 atom stereocenters. The summed E-state index contributed by atoms with van der Waals surface area (Å²) in [7, 11) is 1.40. The Kier molecular flexibility index (Phi) is 4.80. The quantitative estimate of drug-likeness (QED) is 0.802. The minimum atomic E-state index is -0.193. The third kappa shape index (κ3) is 2.92. The van der Waals surface area contributed by atoms with Gasteiger partial charge in [0.25, 0.3) is 0 Å². The highest BCUT2D eigenvalue weighted by atomic mass is 35.5. The van der Waals surface area contributed by atoms with E-state index in [1.807, 2.05) is 18.2 Å². The van der Waals surface area contributed by atoms with Crippen LogP contribution < -0.4 is 5.73 Å². The second kappa shape index (κ2) is 5.71. The fourth-order valence-electron chi connectivity index (χ4n) is 2.24. The summed E-state index contributed by atoms with van der Waals surface area (Å²) >= 11 is 5.93. The van der Waals surface area contributed by atoms with Crippen molar-refractivity contribution in [1.29, 1.82) is 0 Å². The van der Waals surface area contributed by atoms with Gasteiger partial charge in [-0.05, 0) is 36.1 Å². The van der Waals surface area contributed by atoms with Crippen molar-refractivity contribution in [3.63, 3.8) is 0 Å². The Morgan fingerprint density at radius 1 is 1.53 bits per heavy atom. The van der Waals surface area contributed by atoms with Gasteiger partial charge < -0.3 is 10.5 Å². The molecule has 1 aliphatic carbocycles. The summed E-state index contributed by atoms with van der Waals surface area (Å²) in [4.78, 5) is 11.5. The summed E-state index contributed by atoms with van der Waals surface area (Å²) < 4.78 is 4.76. The van der Waals surface area contributed by atoms with Crippen LogP contribution in [0.3, 0.4) is 0 Å². The monoisotopic (exact) mass is 275 g/mol. The van der Waals surface area contributed by atoms with E-state index < -0.39 is 0 Å². The summed E-state index contributed by atoms with van der Waals surface area (Å²) in [6.45, 7) is 0. The molecule has 17 heavy (non-hydrogen) atoms. The normalized spacial score (nSPS) is 22.3. The highest BCUT2D eigenvalue weighted by Crippen LogP contribution is 2.33. The number of fused-ring (bicyclic) bond motifs is 1. The maximum Gasteiger partial charge on any atom is 0.309 e. The number of carbonyl (C=O) groups is 1. The zero-order valence-electron chi connectivity index (χ0n) is 9.48. The molecule has 1 aliphatic rings. The fourth-order valence-corrected chi connectivity index (χ4v) is 2.44. The van der Waals surface area contributed by atoms with Crippen LogP contribution in [0.15, 0.2) is 18.2 Å². The van der Waals surface area contributed by atoms with Gasteiger partial charge in [0.2, 0.25) is 0 Å². The molecule has 0 fully saturated rings. The molecule has 0 saturated heterocycles. The average molecular weight is 276 g/mol. The third-order valence-electron chi connectivity index (χ3n) is 3.04. The van der Waals surface area contributed by atoms with Crippen molar-refractivity contribution >= 4 is 30.0 Å². The molecule has 2 rings (SSSR count). The van der Waals surface area contributed by atoms with Crippen molar-refractivity contribution < 1.29 is 9.53 Å². The molecule has 0 aliphatic heterocycles. The van der Waals surface area contributed by atoms with Crippen molar-refractivity contribution in [3.8, 4) is 0 Å². The molecule has 1 aromatic carbocycles. The standard InChI is InChI=1S/C12H14ClNO2.ClH/c1-16-12(15)8-4-7-5-9(13)2-3-10(7)11(14)6-8;/h2-3,5,8,11H,4,6,14H2,1H3;1H. The lowest BCUT2D eigenvalue weighted by Gasteiger charge is -2.27. The van der Waals surface area contributed by atoms with Crippen molar-refractivity contribution in [1.82, 2.24) is 0 Å². The van der Waals surface area contributed by atoms with E-state index in [4.69, 9.17) is 22.1 Å². The molecule has 2 N–H and O–H groups in total. The molecular weight excluding hydrogens is 261 g/mol. The Morgan fingerprint density at radius 2 is 2.24 bits per heavy atom. The Labute approximate surface area is 112 Å². The first-order valence-electron chi connectivity index (χ1n) is 5.23. The molecule has 0 spiro atoms. The lowest BCUT2D eigenvalue weighted by molar-refractivity contribution is -0.146. The van der Waals surface area contributed by atoms with Crippen LogP contribution in [0, 0.1) is 5.92 Å². The number of carbonyl (C=O) groups excluding carboxylic acids is 1. The summed E-state index contributed by atoms with van der Waals surface area (Å²) in [6, 6.07) is 5.55. The van der Waals surface area contributed by atoms with Crippen molar-refractivity contribution in [3.05, 3.63) is 34.3 Å². The molecule has 0 saturated carbocycles. The van der Waals surface area contributed by atoms with E-state index in [2.05, 4.69) is 0 Å². The van der Waals surface area contributed by atoms with E-state index in [0.717, 1.165) is 11.1 Å². The van der Waals surface area contributed by atoms with Crippen molar-refractivity contribution in [2.75, 3.05) is 7.11 Å². The number of nitrogens with two attached hydrogens (primary N) is 1. The average Bonchev–Trinajstić information content (AvgIpc) is 2.27. The molecule has 1 aromatic rings. The SMILES string of the molecule is COC(=O)C1Cc2cc(Cl)ccc2C(N)C1.Cl. The second-order valence-electron chi connectivity index (χ2n) is 4.11. The smallest absolute Gasteiger partial charge is 0.309 e. The number of benzene rings is 1. The van der Waals surface area contributed by atoms with Gasteiger partial charge >= 0.3 is 5.97 Å². The maximum atomic E-state index is 11.5. The van der Waals surface area contributed by atoms with Gasteiger partial charge in [-0.15, -0.1) is 12.4 Å². The van der Waals surface area contributed by atoms with E-state index in [-0.39, 0.29) is 30.3 Å². The van der Waals surface area contributed by atoms with Gasteiger partial charge in [-0.2, -0.15) is 0 Å². The zero-order valence-corrected chi connectivity index (χ0v) is 11.1. The highest BCUT2D eigenvalue weighted by molar-refractivity contribution is 6.30. The Morgan fingerprint density at radius 3 is 2.88 bits per heavy atom. The fraction of sp³-hybridized carbons (Fsp3) is 0.417. The van der Waals surface area contributed by atoms with Crippen LogP contribution in [-0.4, -0.2) is 13.1 Å². The van der Waals surface area contributed by atoms with Gasteiger partial charge in [0.05, 0.1) is 13.0 Å². The van der Waals surface area contributed by atoms with Crippen LogP contribution in [0.2, 0.25) is 5.02 Å². The van der Waals surface area contributed by atoms with Gasteiger partial charge in [-0.1, -0.05) is 17.7 Å². The second-order valence-corrected chi connectivity index (χ2v) is 4.55. The molecule has 94 valence electrons. The summed E-state index contributed by atoms with van der Waals surface area (Å²) in [5.74, 6) is -0.341. The van der Waals surface area contributed by atoms with E-state index in [1.54, 1.807) is 0 Å². The molecule has 0 amide bonds. The predicted molar refractivity (Wildman–Crippen MR) is 69.5 cm³/mol. The largest absolute Gasteiger partial charge is 0.469 e. The first-order chi connectivity index (χ1) is 7.61. The van der Waals surface area contributed by atoms with E-state index in [1.165, 1.54) is 7.11 Å². The topological polar surface area (TPSA) is 52.3 Å². The Bertz CT molecular complexity index is 423. The Hall–Kier alpha value is -0.770. The number of halogens is 2. The van der Waals surface area contributed by atoms with E-state index >= 15 is 0 Å². The molecule has 0 heterocycles. The van der Waals surface area contributed by atoms with Crippen LogP contribution in [0.1, 0.15) is 23.6 Å². The third-order valence-corrected chi connectivity index (χ3v) is 3.28. The van der Waals surface area contributed by atoms with Gasteiger partial charge in [0, 0.05) is 11.1 Å². The Balaban J connectivity index is 0.00000144. The number of ether oxygens (including phenoxy) is 1. The first-order valence-corrected chi connectivity index (χ1v) is 5.61. The summed E-state index contributed by atoms with van der Waals surface area (Å²) in [5, 5.41) is 0.677. The summed E-state index contributed by atoms with van der Waals surface area (Å²) in [6.07, 6.45) is 1.30. The van der Waals surface area contributed by atoms with Gasteiger partial charge in [-0.25, -0.2) is 0 Å². The predicted octanol–water partition coefficient (Wildman–Crippen LogP) is 2.50. The number of methoxy groups -OCH3 is 1. The minimum Gasteiger partial charge on any atom is -0.469 e. The van der Waals surface area contributed by atoms with Gasteiger partial charge in [0.15, 0.2) is 0 Å². The molecule has 5 heteroatoms. The highest BCUT2D eigenvalue weighted by Gasteiger charge is 2.29. The first kappa shape index (κ1) is 14.3. The molecular formula is C12H15Cl2NO2. The molecule has 0 aromatic heterocycles. The summed E-state index contributed by atoms with van der Waals surface area (Å²) in [5.41, 5.74) is 8.17.